The number of anilines is 3. The van der Waals surface area contributed by atoms with Crippen molar-refractivity contribution in [1.82, 2.24) is 14.3 Å². The van der Waals surface area contributed by atoms with Gasteiger partial charge in [0, 0.05) is 24.5 Å². The SMILES string of the molecule is Cc1cccc(NC(=O)Cn2nc3n(c(=O)c2=O)CCN3c2ccc(F)cc2)c1. The van der Waals surface area contributed by atoms with Crippen molar-refractivity contribution in [2.45, 2.75) is 20.0 Å². The van der Waals surface area contributed by atoms with Crippen LogP contribution in [-0.4, -0.2) is 26.8 Å². The molecule has 1 aliphatic rings. The second kappa shape index (κ2) is 7.34. The van der Waals surface area contributed by atoms with Crippen molar-refractivity contribution < 1.29 is 9.18 Å². The minimum Gasteiger partial charge on any atom is -0.324 e. The lowest BCUT2D eigenvalue weighted by molar-refractivity contribution is -0.117. The topological polar surface area (TPSA) is 89.2 Å². The molecule has 0 fully saturated rings. The first kappa shape index (κ1) is 18.6. The summed E-state index contributed by atoms with van der Waals surface area (Å²) in [4.78, 5) is 38.9. The highest BCUT2D eigenvalue weighted by molar-refractivity contribution is 5.90. The monoisotopic (exact) mass is 395 g/mol. The van der Waals surface area contributed by atoms with Crippen LogP contribution in [0.3, 0.4) is 0 Å². The van der Waals surface area contributed by atoms with Crippen LogP contribution in [0.1, 0.15) is 5.56 Å². The van der Waals surface area contributed by atoms with Gasteiger partial charge in [-0.2, -0.15) is 0 Å². The maximum Gasteiger partial charge on any atom is 0.333 e. The lowest BCUT2D eigenvalue weighted by Crippen LogP contribution is -2.44. The second-order valence-electron chi connectivity index (χ2n) is 6.77. The Morgan fingerprint density at radius 2 is 1.86 bits per heavy atom. The number of amides is 1. The van der Waals surface area contributed by atoms with Crippen LogP contribution in [-0.2, 0) is 17.9 Å². The molecule has 0 saturated heterocycles. The van der Waals surface area contributed by atoms with E-state index in [1.807, 2.05) is 13.0 Å². The van der Waals surface area contributed by atoms with Crippen molar-refractivity contribution in [3.63, 3.8) is 0 Å². The van der Waals surface area contributed by atoms with E-state index in [1.165, 1.54) is 16.7 Å². The molecular formula is C20H18FN5O3. The Labute approximate surface area is 164 Å². The molecular weight excluding hydrogens is 377 g/mol. The quantitative estimate of drug-likeness (QED) is 0.679. The summed E-state index contributed by atoms with van der Waals surface area (Å²) in [7, 11) is 0. The molecule has 8 nitrogen and oxygen atoms in total. The zero-order valence-electron chi connectivity index (χ0n) is 15.6. The summed E-state index contributed by atoms with van der Waals surface area (Å²) in [6.07, 6.45) is 0. The number of fused-ring (bicyclic) bond motifs is 1. The summed E-state index contributed by atoms with van der Waals surface area (Å²) in [6.45, 7) is 2.19. The van der Waals surface area contributed by atoms with E-state index < -0.39 is 23.6 Å². The number of rotatable bonds is 4. The van der Waals surface area contributed by atoms with E-state index in [1.54, 1.807) is 35.2 Å². The highest BCUT2D eigenvalue weighted by Crippen LogP contribution is 2.26. The number of hydrogen-bond acceptors (Lipinski definition) is 5. The Balaban J connectivity index is 1.63. The van der Waals surface area contributed by atoms with Gasteiger partial charge in [-0.25, -0.2) is 9.07 Å². The average molecular weight is 395 g/mol. The van der Waals surface area contributed by atoms with Gasteiger partial charge in [-0.3, -0.25) is 19.0 Å². The molecule has 0 aliphatic carbocycles. The maximum absolute atomic E-state index is 13.2. The molecule has 1 N–H and O–H groups in total. The fourth-order valence-electron chi connectivity index (χ4n) is 3.26. The van der Waals surface area contributed by atoms with Gasteiger partial charge in [0.05, 0.1) is 0 Å². The number of hydrogen-bond donors (Lipinski definition) is 1. The number of carbonyl (C=O) groups excluding carboxylic acids is 1. The van der Waals surface area contributed by atoms with Crippen LogP contribution >= 0.6 is 0 Å². The van der Waals surface area contributed by atoms with Crippen LogP contribution in [0.15, 0.2) is 58.1 Å². The Morgan fingerprint density at radius 3 is 2.59 bits per heavy atom. The van der Waals surface area contributed by atoms with Crippen molar-refractivity contribution >= 4 is 23.2 Å². The van der Waals surface area contributed by atoms with E-state index in [4.69, 9.17) is 0 Å². The highest BCUT2D eigenvalue weighted by atomic mass is 19.1. The van der Waals surface area contributed by atoms with Gasteiger partial charge in [-0.05, 0) is 48.9 Å². The van der Waals surface area contributed by atoms with Gasteiger partial charge in [0.25, 0.3) is 0 Å². The van der Waals surface area contributed by atoms with Gasteiger partial charge in [-0.1, -0.05) is 12.1 Å². The molecule has 0 spiro atoms. The Bertz CT molecular complexity index is 1200. The molecule has 2 aromatic carbocycles. The van der Waals surface area contributed by atoms with E-state index in [9.17, 15) is 18.8 Å². The first-order chi connectivity index (χ1) is 13.9. The molecule has 3 aromatic rings. The van der Waals surface area contributed by atoms with E-state index in [-0.39, 0.29) is 18.3 Å². The van der Waals surface area contributed by atoms with E-state index >= 15 is 0 Å². The second-order valence-corrected chi connectivity index (χ2v) is 6.77. The standard InChI is InChI=1S/C20H18FN5O3/c1-13-3-2-4-15(11-13)22-17(27)12-26-19(29)18(28)25-10-9-24(20(25)23-26)16-7-5-14(21)6-8-16/h2-8,11H,9-10,12H2,1H3,(H,22,27). The van der Waals surface area contributed by atoms with E-state index in [0.717, 1.165) is 10.2 Å². The summed E-state index contributed by atoms with van der Waals surface area (Å²) >= 11 is 0. The first-order valence-electron chi connectivity index (χ1n) is 9.04. The summed E-state index contributed by atoms with van der Waals surface area (Å²) in [5.74, 6) is -0.610. The maximum atomic E-state index is 13.2. The minimum atomic E-state index is -0.867. The molecule has 2 heterocycles. The van der Waals surface area contributed by atoms with Gasteiger partial charge < -0.3 is 10.2 Å². The zero-order chi connectivity index (χ0) is 20.5. The van der Waals surface area contributed by atoms with Crippen molar-refractivity contribution in [1.29, 1.82) is 0 Å². The normalized spacial score (nSPS) is 12.7. The number of carbonyl (C=O) groups is 1. The number of benzene rings is 2. The predicted molar refractivity (Wildman–Crippen MR) is 106 cm³/mol. The van der Waals surface area contributed by atoms with Crippen LogP contribution < -0.4 is 21.3 Å². The van der Waals surface area contributed by atoms with Gasteiger partial charge in [0.1, 0.15) is 12.4 Å². The van der Waals surface area contributed by atoms with E-state index in [0.29, 0.717) is 17.9 Å². The molecule has 9 heteroatoms. The lowest BCUT2D eigenvalue weighted by atomic mass is 10.2. The van der Waals surface area contributed by atoms with Crippen molar-refractivity contribution in [3.8, 4) is 0 Å². The Kier molecular flexibility index (Phi) is 4.71. The first-order valence-corrected chi connectivity index (χ1v) is 9.04. The third-order valence-corrected chi connectivity index (χ3v) is 4.64. The molecule has 4 rings (SSSR count). The zero-order valence-corrected chi connectivity index (χ0v) is 15.6. The van der Waals surface area contributed by atoms with Crippen LogP contribution in [0.25, 0.3) is 0 Å². The molecule has 0 atom stereocenters. The third-order valence-electron chi connectivity index (χ3n) is 4.64. The molecule has 148 valence electrons. The molecule has 0 saturated carbocycles. The lowest BCUT2D eigenvalue weighted by Gasteiger charge is -2.17. The van der Waals surface area contributed by atoms with Crippen LogP contribution in [0.2, 0.25) is 0 Å². The molecule has 1 aromatic heterocycles. The molecule has 0 radical (unpaired) electrons. The summed E-state index contributed by atoms with van der Waals surface area (Å²) in [5.41, 5.74) is 0.591. The number of nitrogens with one attached hydrogen (secondary N) is 1. The number of aromatic nitrogens is 3. The minimum absolute atomic E-state index is 0.240. The average Bonchev–Trinajstić information content (AvgIpc) is 3.10. The van der Waals surface area contributed by atoms with Crippen LogP contribution in [0.4, 0.5) is 21.7 Å². The number of nitrogens with zero attached hydrogens (tertiary/aromatic N) is 4. The Morgan fingerprint density at radius 1 is 1.10 bits per heavy atom. The largest absolute Gasteiger partial charge is 0.333 e. The summed E-state index contributed by atoms with van der Waals surface area (Å²) < 4.78 is 15.3. The highest BCUT2D eigenvalue weighted by Gasteiger charge is 2.26. The predicted octanol–water partition coefficient (Wildman–Crippen LogP) is 1.64. The fourth-order valence-corrected chi connectivity index (χ4v) is 3.26. The molecule has 0 unspecified atom stereocenters. The van der Waals surface area contributed by atoms with Crippen molar-refractivity contribution in [2.75, 3.05) is 16.8 Å². The summed E-state index contributed by atoms with van der Waals surface area (Å²) in [5, 5.41) is 6.92. The fraction of sp³-hybridized carbons (Fsp3) is 0.200. The molecule has 1 amide bonds. The Hall–Kier alpha value is -3.75. The van der Waals surface area contributed by atoms with E-state index in [2.05, 4.69) is 10.4 Å². The van der Waals surface area contributed by atoms with Gasteiger partial charge in [0.15, 0.2) is 0 Å². The van der Waals surface area contributed by atoms with Crippen LogP contribution in [0, 0.1) is 12.7 Å². The smallest absolute Gasteiger partial charge is 0.324 e. The summed E-state index contributed by atoms with van der Waals surface area (Å²) in [6, 6.07) is 13.0. The molecule has 1 aliphatic heterocycles. The van der Waals surface area contributed by atoms with Crippen molar-refractivity contribution in [3.05, 3.63) is 80.6 Å². The van der Waals surface area contributed by atoms with Gasteiger partial charge in [-0.15, -0.1) is 5.10 Å². The number of halogens is 1. The third kappa shape index (κ3) is 3.66. The number of aryl methyl sites for hydroxylation is 1. The van der Waals surface area contributed by atoms with Gasteiger partial charge >= 0.3 is 11.1 Å². The van der Waals surface area contributed by atoms with Crippen molar-refractivity contribution in [2.24, 2.45) is 0 Å². The molecule has 0 bridgehead atoms. The van der Waals surface area contributed by atoms with Gasteiger partial charge in [0.2, 0.25) is 11.9 Å². The van der Waals surface area contributed by atoms with Crippen LogP contribution in [0.5, 0.6) is 0 Å². The molecule has 29 heavy (non-hydrogen) atoms.